The third kappa shape index (κ3) is 6.28. The molecule has 0 heterocycles. The Balaban J connectivity index is -0.000000333. The molecule has 0 nitrogen and oxygen atoms in total. The molecule has 0 N–H and O–H groups in total. The summed E-state index contributed by atoms with van der Waals surface area (Å²) in [5.41, 5.74) is 1.40. The van der Waals surface area contributed by atoms with E-state index in [0.717, 1.165) is 6.42 Å². The molecule has 0 saturated heterocycles. The minimum Gasteiger partial charge on any atom is -1.00 e. The summed E-state index contributed by atoms with van der Waals surface area (Å²) in [4.78, 5) is 0. The number of halogens is 2. The van der Waals surface area contributed by atoms with Crippen LogP contribution >= 0.6 is 0 Å². The van der Waals surface area contributed by atoms with Crippen molar-refractivity contribution < 1.29 is 51.0 Å². The molecule has 0 bridgehead atoms. The van der Waals surface area contributed by atoms with E-state index in [2.05, 4.69) is 38.7 Å². The van der Waals surface area contributed by atoms with Gasteiger partial charge in [0.05, 0.1) is 0 Å². The van der Waals surface area contributed by atoms with Gasteiger partial charge in [-0.1, -0.05) is 33.0 Å². The predicted octanol–water partition coefficient (Wildman–Crippen LogP) is -3.05. The maximum absolute atomic E-state index is 3.43. The third-order valence-corrected chi connectivity index (χ3v) is 3.71. The summed E-state index contributed by atoms with van der Waals surface area (Å²) in [5, 5.41) is 1.50. The van der Waals surface area contributed by atoms with Gasteiger partial charge in [0.1, 0.15) is 0 Å². The van der Waals surface area contributed by atoms with E-state index in [1.165, 1.54) is 10.8 Å². The Labute approximate surface area is 114 Å². The van der Waals surface area contributed by atoms with Crippen molar-refractivity contribution in [3.63, 3.8) is 0 Å². The van der Waals surface area contributed by atoms with Gasteiger partial charge in [-0.25, -0.2) is 11.3 Å². The minimum atomic E-state index is -1.04. The molecule has 1 rings (SSSR count). The van der Waals surface area contributed by atoms with Crippen molar-refractivity contribution in [3.05, 3.63) is 22.9 Å². The Bertz CT molecular complexity index is 204. The molecule has 73 valence electrons. The summed E-state index contributed by atoms with van der Waals surface area (Å²) in [5.74, 6) is 0. The fraction of sp³-hybridized carbons (Fsp3) is 0.556. The molecule has 0 aromatic rings. The molecule has 0 aromatic heterocycles. The quantitative estimate of drug-likeness (QED) is 0.356. The second kappa shape index (κ2) is 7.45. The van der Waals surface area contributed by atoms with Gasteiger partial charge in [-0.3, -0.25) is 6.08 Å². The molecular formula is C9H15Cl2SiZr. The molecule has 0 spiro atoms. The van der Waals surface area contributed by atoms with Crippen LogP contribution in [-0.4, -0.2) is 8.07 Å². The van der Waals surface area contributed by atoms with Crippen LogP contribution in [0.25, 0.3) is 0 Å². The Morgan fingerprint density at radius 3 is 1.85 bits per heavy atom. The van der Waals surface area contributed by atoms with Gasteiger partial charge in [-0.15, -0.1) is 0 Å². The SMILES string of the molecule is CC1=[C-]C([Si](C)(C)C)=CC1.[Cl-].[Cl-].[Zr+3]. The minimum absolute atomic E-state index is 0. The van der Waals surface area contributed by atoms with Crippen LogP contribution in [0.4, 0.5) is 0 Å². The van der Waals surface area contributed by atoms with Crippen LogP contribution in [-0.2, 0) is 26.2 Å². The van der Waals surface area contributed by atoms with Crippen LogP contribution in [0.1, 0.15) is 13.3 Å². The van der Waals surface area contributed by atoms with Gasteiger partial charge in [0.15, 0.2) is 0 Å². The van der Waals surface area contributed by atoms with Crippen LogP contribution in [0.5, 0.6) is 0 Å². The summed E-state index contributed by atoms with van der Waals surface area (Å²) in [6, 6.07) is 0. The van der Waals surface area contributed by atoms with Crippen LogP contribution in [0, 0.1) is 6.08 Å². The van der Waals surface area contributed by atoms with Crippen molar-refractivity contribution in [2.75, 3.05) is 0 Å². The summed E-state index contributed by atoms with van der Waals surface area (Å²) in [7, 11) is -1.04. The molecule has 1 radical (unpaired) electrons. The van der Waals surface area contributed by atoms with Gasteiger partial charge in [-0.2, -0.15) is 5.57 Å². The first-order chi connectivity index (χ1) is 4.50. The van der Waals surface area contributed by atoms with E-state index >= 15 is 0 Å². The van der Waals surface area contributed by atoms with Crippen molar-refractivity contribution >= 4 is 8.07 Å². The molecular weight excluding hydrogens is 298 g/mol. The van der Waals surface area contributed by atoms with Crippen LogP contribution < -0.4 is 24.8 Å². The average Bonchev–Trinajstić information content (AvgIpc) is 2.11. The topological polar surface area (TPSA) is 0 Å². The third-order valence-electron chi connectivity index (χ3n) is 1.77. The first-order valence-electron chi connectivity index (χ1n) is 3.80. The predicted molar refractivity (Wildman–Crippen MR) is 48.5 cm³/mol. The summed E-state index contributed by atoms with van der Waals surface area (Å²) < 4.78 is 0. The van der Waals surface area contributed by atoms with E-state index in [0.29, 0.717) is 0 Å². The number of hydrogen-bond acceptors (Lipinski definition) is 0. The van der Waals surface area contributed by atoms with E-state index in [1.807, 2.05) is 0 Å². The second-order valence-corrected chi connectivity index (χ2v) is 9.02. The van der Waals surface area contributed by atoms with Gasteiger partial charge in [0.25, 0.3) is 0 Å². The Morgan fingerprint density at radius 2 is 1.69 bits per heavy atom. The zero-order valence-electron chi connectivity index (χ0n) is 8.54. The zero-order chi connectivity index (χ0) is 7.78. The summed E-state index contributed by atoms with van der Waals surface area (Å²) >= 11 is 0. The fourth-order valence-electron chi connectivity index (χ4n) is 1.08. The van der Waals surface area contributed by atoms with E-state index in [4.69, 9.17) is 0 Å². The number of rotatable bonds is 1. The zero-order valence-corrected chi connectivity index (χ0v) is 13.5. The molecule has 1 aliphatic rings. The number of hydrogen-bond donors (Lipinski definition) is 0. The summed E-state index contributed by atoms with van der Waals surface area (Å²) in [6.07, 6.45) is 6.91. The molecule has 13 heavy (non-hydrogen) atoms. The normalized spacial score (nSPS) is 14.5. The molecule has 0 atom stereocenters. The van der Waals surface area contributed by atoms with Gasteiger partial charge in [0, 0.05) is 8.07 Å². The van der Waals surface area contributed by atoms with E-state index in [9.17, 15) is 0 Å². The molecule has 0 fully saturated rings. The van der Waals surface area contributed by atoms with Crippen LogP contribution in [0.3, 0.4) is 0 Å². The molecule has 0 aromatic carbocycles. The first kappa shape index (κ1) is 19.7. The standard InChI is InChI=1S/C9H15Si.2ClH.Zr/c1-8-5-6-9(7-8)10(2,3)4;;;/h6H,5H2,1-4H3;2*1H;/q-1;;;+3/p-2. The van der Waals surface area contributed by atoms with Crippen LogP contribution in [0.2, 0.25) is 19.6 Å². The number of allylic oxidation sites excluding steroid dienone is 4. The Morgan fingerprint density at radius 1 is 1.23 bits per heavy atom. The van der Waals surface area contributed by atoms with Crippen molar-refractivity contribution in [3.8, 4) is 0 Å². The van der Waals surface area contributed by atoms with Crippen LogP contribution in [0.15, 0.2) is 16.8 Å². The Kier molecular flexibility index (Phi) is 11.3. The smallest absolute Gasteiger partial charge is 1.00 e. The van der Waals surface area contributed by atoms with E-state index < -0.39 is 8.07 Å². The molecule has 0 amide bonds. The van der Waals surface area contributed by atoms with Crippen molar-refractivity contribution in [1.29, 1.82) is 0 Å². The fourth-order valence-corrected chi connectivity index (χ4v) is 2.38. The molecule has 4 heteroatoms. The maximum atomic E-state index is 3.43. The van der Waals surface area contributed by atoms with Crippen molar-refractivity contribution in [1.82, 2.24) is 0 Å². The Hall–Kier alpha value is 1.16. The maximum Gasteiger partial charge on any atom is 3.00 e. The van der Waals surface area contributed by atoms with Crippen molar-refractivity contribution in [2.24, 2.45) is 0 Å². The average molecular weight is 313 g/mol. The molecule has 0 unspecified atom stereocenters. The van der Waals surface area contributed by atoms with Gasteiger partial charge in [-0.05, 0) is 0 Å². The van der Waals surface area contributed by atoms with E-state index in [-0.39, 0.29) is 51.0 Å². The molecule has 0 aliphatic heterocycles. The molecule has 0 saturated carbocycles. The summed E-state index contributed by atoms with van der Waals surface area (Å²) in [6.45, 7) is 9.25. The van der Waals surface area contributed by atoms with Gasteiger partial charge >= 0.3 is 26.2 Å². The van der Waals surface area contributed by atoms with E-state index in [1.54, 1.807) is 0 Å². The second-order valence-electron chi connectivity index (χ2n) is 3.98. The monoisotopic (exact) mass is 311 g/mol. The first-order valence-corrected chi connectivity index (χ1v) is 7.30. The van der Waals surface area contributed by atoms with Gasteiger partial charge in [0.2, 0.25) is 0 Å². The molecule has 1 aliphatic carbocycles. The van der Waals surface area contributed by atoms with Crippen molar-refractivity contribution in [2.45, 2.75) is 33.0 Å². The van der Waals surface area contributed by atoms with Gasteiger partial charge < -0.3 is 24.8 Å². The largest absolute Gasteiger partial charge is 3.00 e.